The number of anilines is 2. The van der Waals surface area contributed by atoms with Crippen molar-refractivity contribution in [2.45, 2.75) is 38.6 Å². The van der Waals surface area contributed by atoms with Crippen molar-refractivity contribution in [2.24, 2.45) is 0 Å². The molecule has 24 heavy (non-hydrogen) atoms. The minimum absolute atomic E-state index is 0.0125. The highest BCUT2D eigenvalue weighted by Gasteiger charge is 2.27. The predicted octanol–water partition coefficient (Wildman–Crippen LogP) is 4.39. The van der Waals surface area contributed by atoms with Crippen LogP contribution in [-0.4, -0.2) is 33.6 Å². The average Bonchev–Trinajstić information content (AvgIpc) is 2.63. The normalized spacial score (nSPS) is 17.6. The van der Waals surface area contributed by atoms with Crippen LogP contribution in [0, 0.1) is 0 Å². The Bertz CT molecular complexity index is 704. The van der Waals surface area contributed by atoms with E-state index >= 15 is 0 Å². The highest BCUT2D eigenvalue weighted by molar-refractivity contribution is 9.10. The van der Waals surface area contributed by atoms with E-state index in [1.807, 2.05) is 29.2 Å². The van der Waals surface area contributed by atoms with Crippen molar-refractivity contribution in [3.63, 3.8) is 0 Å². The topological polar surface area (TPSA) is 58.1 Å². The first kappa shape index (κ1) is 16.9. The molecule has 0 radical (unpaired) electrons. The Morgan fingerprint density at radius 2 is 2.08 bits per heavy atom. The lowest BCUT2D eigenvalue weighted by atomic mass is 9.99. The lowest BCUT2D eigenvalue weighted by molar-refractivity contribution is 0.0601. The van der Waals surface area contributed by atoms with Crippen molar-refractivity contribution >= 4 is 33.3 Å². The number of likely N-dealkylation sites (tertiary alicyclic amines) is 1. The van der Waals surface area contributed by atoms with Crippen LogP contribution < -0.4 is 5.32 Å². The summed E-state index contributed by atoms with van der Waals surface area (Å²) in [6.07, 6.45) is 4.33. The van der Waals surface area contributed by atoms with E-state index in [2.05, 4.69) is 38.4 Å². The molecule has 1 N–H and O–H groups in total. The number of benzene rings is 1. The van der Waals surface area contributed by atoms with Crippen molar-refractivity contribution in [3.05, 3.63) is 46.6 Å². The number of nitrogens with zero attached hydrogens (tertiary/aromatic N) is 3. The van der Waals surface area contributed by atoms with Crippen LogP contribution >= 0.6 is 15.9 Å². The van der Waals surface area contributed by atoms with Gasteiger partial charge in [0.05, 0.1) is 5.69 Å². The van der Waals surface area contributed by atoms with Gasteiger partial charge in [0.25, 0.3) is 5.91 Å². The van der Waals surface area contributed by atoms with Crippen LogP contribution in [-0.2, 0) is 0 Å². The van der Waals surface area contributed by atoms with Crippen molar-refractivity contribution in [1.29, 1.82) is 0 Å². The van der Waals surface area contributed by atoms with E-state index in [1.54, 1.807) is 12.1 Å². The van der Waals surface area contributed by atoms with Crippen molar-refractivity contribution < 1.29 is 4.79 Å². The summed E-state index contributed by atoms with van der Waals surface area (Å²) < 4.78 is 0.950. The third kappa shape index (κ3) is 3.75. The Labute approximate surface area is 150 Å². The number of rotatable bonds is 4. The number of hydrogen-bond acceptors (Lipinski definition) is 4. The Balaban J connectivity index is 1.72. The number of amides is 1. The lowest BCUT2D eigenvalue weighted by Gasteiger charge is -2.34. The number of halogens is 1. The van der Waals surface area contributed by atoms with Crippen LogP contribution in [0.25, 0.3) is 0 Å². The molecule has 2 aromatic rings. The molecule has 126 valence electrons. The largest absolute Gasteiger partial charge is 0.338 e. The van der Waals surface area contributed by atoms with Gasteiger partial charge in [-0.15, -0.1) is 10.2 Å². The summed E-state index contributed by atoms with van der Waals surface area (Å²) >= 11 is 3.49. The van der Waals surface area contributed by atoms with E-state index < -0.39 is 0 Å². The summed E-state index contributed by atoms with van der Waals surface area (Å²) in [6, 6.07) is 11.7. The average molecular weight is 389 g/mol. The van der Waals surface area contributed by atoms with Gasteiger partial charge in [0.1, 0.15) is 0 Å². The van der Waals surface area contributed by atoms with Gasteiger partial charge in [-0.05, 0) is 65.9 Å². The fourth-order valence-electron chi connectivity index (χ4n) is 3.05. The molecule has 0 bridgehead atoms. The minimum atomic E-state index is -0.0125. The number of para-hydroxylation sites is 1. The second-order valence-corrected chi connectivity index (χ2v) is 6.82. The van der Waals surface area contributed by atoms with Crippen LogP contribution in [0.1, 0.15) is 43.1 Å². The van der Waals surface area contributed by atoms with Crippen molar-refractivity contribution in [2.75, 3.05) is 11.9 Å². The second kappa shape index (κ2) is 7.75. The van der Waals surface area contributed by atoms with Crippen LogP contribution in [0.2, 0.25) is 0 Å². The van der Waals surface area contributed by atoms with E-state index in [0.29, 0.717) is 17.6 Å². The van der Waals surface area contributed by atoms with Gasteiger partial charge in [-0.2, -0.15) is 0 Å². The Hall–Kier alpha value is -1.95. The number of carbonyl (C=O) groups is 1. The van der Waals surface area contributed by atoms with Gasteiger partial charge in [-0.25, -0.2) is 0 Å². The number of hydrogen-bond donors (Lipinski definition) is 1. The maximum atomic E-state index is 12.7. The molecular formula is C18H21BrN4O. The van der Waals surface area contributed by atoms with Gasteiger partial charge in [-0.3, -0.25) is 4.79 Å². The van der Waals surface area contributed by atoms with Gasteiger partial charge in [0.2, 0.25) is 0 Å². The molecule has 0 saturated carbocycles. The van der Waals surface area contributed by atoms with E-state index in [0.717, 1.165) is 36.0 Å². The first-order chi connectivity index (χ1) is 11.7. The summed E-state index contributed by atoms with van der Waals surface area (Å²) in [5.74, 6) is 0.602. The summed E-state index contributed by atoms with van der Waals surface area (Å²) in [5, 5.41) is 11.5. The second-order valence-electron chi connectivity index (χ2n) is 5.97. The molecule has 2 heterocycles. The zero-order valence-corrected chi connectivity index (χ0v) is 15.3. The maximum Gasteiger partial charge on any atom is 0.274 e. The van der Waals surface area contributed by atoms with E-state index in [9.17, 15) is 4.79 Å². The summed E-state index contributed by atoms with van der Waals surface area (Å²) in [7, 11) is 0. The molecule has 1 atom stereocenters. The molecule has 0 aliphatic carbocycles. The number of nitrogens with one attached hydrogen (secondary N) is 1. The van der Waals surface area contributed by atoms with Gasteiger partial charge < -0.3 is 10.2 Å². The van der Waals surface area contributed by atoms with Crippen LogP contribution in [0.3, 0.4) is 0 Å². The number of aromatic nitrogens is 2. The molecule has 1 fully saturated rings. The SMILES string of the molecule is CCC1CCCCN1C(=O)c1ccc(Nc2ccccc2Br)nn1. The summed E-state index contributed by atoms with van der Waals surface area (Å²) in [6.45, 7) is 2.95. The van der Waals surface area contributed by atoms with Crippen molar-refractivity contribution in [3.8, 4) is 0 Å². The van der Waals surface area contributed by atoms with Gasteiger partial charge in [0, 0.05) is 17.1 Å². The number of carbonyl (C=O) groups excluding carboxylic acids is 1. The molecule has 1 saturated heterocycles. The molecule has 1 aliphatic rings. The van der Waals surface area contributed by atoms with Crippen molar-refractivity contribution in [1.82, 2.24) is 15.1 Å². The predicted molar refractivity (Wildman–Crippen MR) is 98.4 cm³/mol. The molecule has 1 unspecified atom stereocenters. The Kier molecular flexibility index (Phi) is 5.45. The fourth-order valence-corrected chi connectivity index (χ4v) is 3.44. The molecule has 5 nitrogen and oxygen atoms in total. The lowest BCUT2D eigenvalue weighted by Crippen LogP contribution is -2.43. The fraction of sp³-hybridized carbons (Fsp3) is 0.389. The smallest absolute Gasteiger partial charge is 0.274 e. The van der Waals surface area contributed by atoms with E-state index in [-0.39, 0.29) is 5.91 Å². The zero-order valence-electron chi connectivity index (χ0n) is 13.7. The van der Waals surface area contributed by atoms with Gasteiger partial charge in [-0.1, -0.05) is 19.1 Å². The van der Waals surface area contributed by atoms with Gasteiger partial charge >= 0.3 is 0 Å². The third-order valence-electron chi connectivity index (χ3n) is 4.38. The first-order valence-corrected chi connectivity index (χ1v) is 9.14. The summed E-state index contributed by atoms with van der Waals surface area (Å²) in [4.78, 5) is 14.6. The molecule has 1 aromatic heterocycles. The first-order valence-electron chi connectivity index (χ1n) is 8.35. The van der Waals surface area contributed by atoms with Crippen LogP contribution in [0.15, 0.2) is 40.9 Å². The third-order valence-corrected chi connectivity index (χ3v) is 5.07. The number of piperidine rings is 1. The molecular weight excluding hydrogens is 368 g/mol. The van der Waals surface area contributed by atoms with Crippen LogP contribution in [0.5, 0.6) is 0 Å². The molecule has 0 spiro atoms. The minimum Gasteiger partial charge on any atom is -0.338 e. The van der Waals surface area contributed by atoms with E-state index in [4.69, 9.17) is 0 Å². The maximum absolute atomic E-state index is 12.7. The molecule has 6 heteroatoms. The highest BCUT2D eigenvalue weighted by Crippen LogP contribution is 2.25. The zero-order chi connectivity index (χ0) is 16.9. The highest BCUT2D eigenvalue weighted by atomic mass is 79.9. The van der Waals surface area contributed by atoms with E-state index in [1.165, 1.54) is 6.42 Å². The summed E-state index contributed by atoms with van der Waals surface area (Å²) in [5.41, 5.74) is 1.32. The molecule has 1 aliphatic heterocycles. The quantitative estimate of drug-likeness (QED) is 0.843. The monoisotopic (exact) mass is 388 g/mol. The molecule has 1 amide bonds. The Morgan fingerprint density at radius 3 is 2.79 bits per heavy atom. The standard InChI is InChI=1S/C18H21BrN4O/c1-2-13-7-5-6-12-23(13)18(24)16-10-11-17(22-21-16)20-15-9-4-3-8-14(15)19/h3-4,8-11,13H,2,5-7,12H2,1H3,(H,20,22). The molecule has 3 rings (SSSR count). The van der Waals surface area contributed by atoms with Crippen LogP contribution in [0.4, 0.5) is 11.5 Å². The Morgan fingerprint density at radius 1 is 1.25 bits per heavy atom. The molecule has 1 aromatic carbocycles. The van der Waals surface area contributed by atoms with Gasteiger partial charge in [0.15, 0.2) is 11.5 Å².